The molecule has 0 aromatic heterocycles. The Morgan fingerprint density at radius 3 is 1.47 bits per heavy atom. The summed E-state index contributed by atoms with van der Waals surface area (Å²) in [5, 5.41) is 13.9. The maximum atomic E-state index is 12.9. The van der Waals surface area contributed by atoms with Gasteiger partial charge in [0.1, 0.15) is 13.2 Å². The molecule has 1 amide bonds. The molecule has 0 aliphatic heterocycles. The summed E-state index contributed by atoms with van der Waals surface area (Å²) in [6.07, 6.45) is 40.7. The Hall–Kier alpha value is -0.760. The molecule has 0 saturated heterocycles. The maximum Gasteiger partial charge on any atom is 0.268 e. The van der Waals surface area contributed by atoms with E-state index in [9.17, 15) is 19.4 Å². The Kier molecular flexibility index (Phi) is 36.3. The lowest BCUT2D eigenvalue weighted by Crippen LogP contribution is -2.46. The van der Waals surface area contributed by atoms with Gasteiger partial charge in [-0.15, -0.1) is 0 Å². The first-order chi connectivity index (χ1) is 25.5. The summed E-state index contributed by atoms with van der Waals surface area (Å²) < 4.78 is 23.2. The predicted octanol–water partition coefficient (Wildman–Crippen LogP) is 11.7. The normalized spacial score (nSPS) is 14.5. The highest BCUT2D eigenvalue weighted by Gasteiger charge is 2.24. The number of aliphatic hydroxyl groups excluding tert-OH is 1. The minimum absolute atomic E-state index is 0.0136. The number of allylic oxidation sites excluding steroid dienone is 2. The fourth-order valence-electron chi connectivity index (χ4n) is 6.62. The third-order valence-electron chi connectivity index (χ3n) is 10.3. The van der Waals surface area contributed by atoms with Gasteiger partial charge in [0.15, 0.2) is 0 Å². The molecule has 0 bridgehead atoms. The zero-order valence-corrected chi connectivity index (χ0v) is 36.6. The first-order valence-electron chi connectivity index (χ1n) is 22.5. The van der Waals surface area contributed by atoms with Gasteiger partial charge >= 0.3 is 0 Å². The highest BCUT2D eigenvalue weighted by molar-refractivity contribution is 7.45. The maximum absolute atomic E-state index is 12.9. The summed E-state index contributed by atoms with van der Waals surface area (Å²) in [6.45, 7) is 4.71. The summed E-state index contributed by atoms with van der Waals surface area (Å²) >= 11 is 0. The van der Waals surface area contributed by atoms with E-state index >= 15 is 0 Å². The van der Waals surface area contributed by atoms with Crippen LogP contribution in [0.4, 0.5) is 0 Å². The Morgan fingerprint density at radius 2 is 1.04 bits per heavy atom. The number of nitrogens with zero attached hydrogens (tertiary/aromatic N) is 1. The van der Waals surface area contributed by atoms with Crippen LogP contribution in [0.3, 0.4) is 0 Å². The van der Waals surface area contributed by atoms with Crippen molar-refractivity contribution in [2.24, 2.45) is 0 Å². The molecular formula is C44H89N2O6P. The van der Waals surface area contributed by atoms with Gasteiger partial charge in [-0.25, -0.2) is 0 Å². The number of rotatable bonds is 41. The SMILES string of the molecule is CCCCCCCC/C=C\CCCCCCCCCCCC(=O)NC(COP(=O)([O-])OCC[N+](C)(C)C)C(O)CCCCCCCCCCCCCC. The molecular weight excluding hydrogens is 683 g/mol. The zero-order valence-electron chi connectivity index (χ0n) is 35.7. The molecule has 0 spiro atoms. The van der Waals surface area contributed by atoms with Crippen LogP contribution < -0.4 is 10.2 Å². The number of hydrogen-bond donors (Lipinski definition) is 2. The lowest BCUT2D eigenvalue weighted by Gasteiger charge is -2.30. The van der Waals surface area contributed by atoms with Crippen molar-refractivity contribution in [2.45, 2.75) is 225 Å². The van der Waals surface area contributed by atoms with Crippen molar-refractivity contribution in [3.63, 3.8) is 0 Å². The second kappa shape index (κ2) is 36.9. The average Bonchev–Trinajstić information content (AvgIpc) is 3.10. The Morgan fingerprint density at radius 1 is 0.642 bits per heavy atom. The van der Waals surface area contributed by atoms with Crippen LogP contribution in [0, 0.1) is 0 Å². The van der Waals surface area contributed by atoms with Crippen LogP contribution in [0.5, 0.6) is 0 Å². The van der Waals surface area contributed by atoms with Crippen molar-refractivity contribution in [1.29, 1.82) is 0 Å². The molecule has 3 atom stereocenters. The van der Waals surface area contributed by atoms with Gasteiger partial charge in [-0.2, -0.15) is 0 Å². The standard InChI is InChI=1S/C44H89N2O6P/c1-6-8-10-12-14-16-18-20-21-22-23-24-25-26-28-30-32-34-36-38-44(48)45-42(41-52-53(49,50)51-40-39-46(3,4)5)43(47)37-35-33-31-29-27-19-17-15-13-11-9-7-2/h20-21,42-43,47H,6-19,22-41H2,1-5H3,(H-,45,48,49,50)/b21-20-. The van der Waals surface area contributed by atoms with E-state index in [-0.39, 0.29) is 19.1 Å². The van der Waals surface area contributed by atoms with E-state index in [1.165, 1.54) is 148 Å². The summed E-state index contributed by atoms with van der Waals surface area (Å²) in [5.74, 6) is -0.167. The minimum atomic E-state index is -4.56. The lowest BCUT2D eigenvalue weighted by atomic mass is 10.0. The molecule has 0 heterocycles. The highest BCUT2D eigenvalue weighted by atomic mass is 31.2. The molecule has 316 valence electrons. The van der Waals surface area contributed by atoms with Crippen LogP contribution in [0.2, 0.25) is 0 Å². The molecule has 0 aliphatic carbocycles. The largest absolute Gasteiger partial charge is 0.756 e. The predicted molar refractivity (Wildman–Crippen MR) is 224 cm³/mol. The van der Waals surface area contributed by atoms with Crippen molar-refractivity contribution in [3.8, 4) is 0 Å². The van der Waals surface area contributed by atoms with Crippen LogP contribution in [-0.2, 0) is 18.4 Å². The van der Waals surface area contributed by atoms with Crippen molar-refractivity contribution >= 4 is 13.7 Å². The number of phosphoric acid groups is 1. The molecule has 53 heavy (non-hydrogen) atoms. The van der Waals surface area contributed by atoms with Crippen LogP contribution in [0.15, 0.2) is 12.2 Å². The van der Waals surface area contributed by atoms with Crippen LogP contribution >= 0.6 is 7.82 Å². The van der Waals surface area contributed by atoms with Crippen LogP contribution in [0.25, 0.3) is 0 Å². The van der Waals surface area contributed by atoms with Gasteiger partial charge in [0.2, 0.25) is 5.91 Å². The summed E-state index contributed by atoms with van der Waals surface area (Å²) in [5.41, 5.74) is 0. The van der Waals surface area contributed by atoms with Gasteiger partial charge in [0, 0.05) is 6.42 Å². The average molecular weight is 773 g/mol. The van der Waals surface area contributed by atoms with E-state index in [2.05, 4.69) is 31.3 Å². The van der Waals surface area contributed by atoms with Gasteiger partial charge in [-0.3, -0.25) is 9.36 Å². The van der Waals surface area contributed by atoms with Gasteiger partial charge in [-0.05, 0) is 38.5 Å². The molecule has 0 aromatic rings. The minimum Gasteiger partial charge on any atom is -0.756 e. The van der Waals surface area contributed by atoms with Crippen molar-refractivity contribution in [2.75, 3.05) is 40.9 Å². The fourth-order valence-corrected chi connectivity index (χ4v) is 7.35. The van der Waals surface area contributed by atoms with Gasteiger partial charge < -0.3 is 28.8 Å². The van der Waals surface area contributed by atoms with E-state index in [1.807, 2.05) is 21.1 Å². The number of hydrogen-bond acceptors (Lipinski definition) is 6. The first kappa shape index (κ1) is 52.2. The van der Waals surface area contributed by atoms with Crippen molar-refractivity contribution in [3.05, 3.63) is 12.2 Å². The van der Waals surface area contributed by atoms with Gasteiger partial charge in [0.05, 0.1) is 39.9 Å². The van der Waals surface area contributed by atoms with Crippen LogP contribution in [0.1, 0.15) is 213 Å². The number of unbranched alkanes of at least 4 members (excludes halogenated alkanes) is 26. The second-order valence-electron chi connectivity index (χ2n) is 16.8. The number of carbonyl (C=O) groups excluding carboxylic acids is 1. The number of likely N-dealkylation sites (N-methyl/N-ethyl adjacent to an activating group) is 1. The number of amides is 1. The Bertz CT molecular complexity index is 880. The second-order valence-corrected chi connectivity index (χ2v) is 18.2. The fraction of sp³-hybridized carbons (Fsp3) is 0.932. The molecule has 0 radical (unpaired) electrons. The molecule has 0 aromatic carbocycles. The Balaban J connectivity index is 4.30. The highest BCUT2D eigenvalue weighted by Crippen LogP contribution is 2.38. The molecule has 2 N–H and O–H groups in total. The zero-order chi connectivity index (χ0) is 39.3. The molecule has 0 rings (SSSR count). The number of aliphatic hydroxyl groups is 1. The molecule has 0 fully saturated rings. The van der Waals surface area contributed by atoms with E-state index < -0.39 is 20.0 Å². The number of nitrogens with one attached hydrogen (secondary N) is 1. The molecule has 3 unspecified atom stereocenters. The number of carbonyl (C=O) groups is 1. The van der Waals surface area contributed by atoms with E-state index in [1.54, 1.807) is 0 Å². The quantitative estimate of drug-likeness (QED) is 0.0277. The smallest absolute Gasteiger partial charge is 0.268 e. The third-order valence-corrected chi connectivity index (χ3v) is 11.2. The lowest BCUT2D eigenvalue weighted by molar-refractivity contribution is -0.870. The molecule has 0 aliphatic rings. The van der Waals surface area contributed by atoms with E-state index in [0.717, 1.165) is 38.5 Å². The molecule has 9 heteroatoms. The molecule has 0 saturated carbocycles. The van der Waals surface area contributed by atoms with Crippen molar-refractivity contribution < 1.29 is 32.9 Å². The van der Waals surface area contributed by atoms with Gasteiger partial charge in [0.25, 0.3) is 7.82 Å². The van der Waals surface area contributed by atoms with Crippen LogP contribution in [-0.4, -0.2) is 68.5 Å². The third kappa shape index (κ3) is 39.3. The monoisotopic (exact) mass is 773 g/mol. The first-order valence-corrected chi connectivity index (χ1v) is 24.0. The van der Waals surface area contributed by atoms with E-state index in [0.29, 0.717) is 23.9 Å². The van der Waals surface area contributed by atoms with E-state index in [4.69, 9.17) is 9.05 Å². The Labute approximate surface area is 329 Å². The topological polar surface area (TPSA) is 108 Å². The molecule has 8 nitrogen and oxygen atoms in total. The summed E-state index contributed by atoms with van der Waals surface area (Å²) in [4.78, 5) is 25.3. The van der Waals surface area contributed by atoms with Gasteiger partial charge in [-0.1, -0.05) is 180 Å². The summed E-state index contributed by atoms with van der Waals surface area (Å²) in [7, 11) is 1.31. The number of phosphoric ester groups is 1. The summed E-state index contributed by atoms with van der Waals surface area (Å²) in [6, 6.07) is -0.796. The van der Waals surface area contributed by atoms with Crippen molar-refractivity contribution in [1.82, 2.24) is 5.32 Å². The number of quaternary nitrogens is 1.